The van der Waals surface area contributed by atoms with Crippen molar-refractivity contribution in [3.63, 3.8) is 0 Å². The number of hydrogen-bond acceptors (Lipinski definition) is 6. The van der Waals surface area contributed by atoms with Gasteiger partial charge in [0.1, 0.15) is 23.1 Å². The molecular weight excluding hydrogens is 413 g/mol. The lowest BCUT2D eigenvalue weighted by Crippen LogP contribution is -2.44. The molecule has 8 nitrogen and oxygen atoms in total. The molecule has 1 atom stereocenters. The molecule has 0 saturated carbocycles. The van der Waals surface area contributed by atoms with Gasteiger partial charge in [-0.1, -0.05) is 0 Å². The number of aromatic nitrogens is 2. The number of hydrogen-bond donors (Lipinski definition) is 0. The number of nitrogens with zero attached hydrogens (tertiary/aromatic N) is 5. The number of halogens is 1. The molecule has 1 aliphatic rings. The van der Waals surface area contributed by atoms with E-state index in [2.05, 4.69) is 4.98 Å². The van der Waals surface area contributed by atoms with Crippen LogP contribution < -0.4 is 9.80 Å². The van der Waals surface area contributed by atoms with Gasteiger partial charge in [-0.05, 0) is 38.1 Å². The smallest absolute Gasteiger partial charge is 0.254 e. The van der Waals surface area contributed by atoms with E-state index in [9.17, 15) is 14.0 Å². The van der Waals surface area contributed by atoms with Gasteiger partial charge < -0.3 is 19.4 Å². The highest BCUT2D eigenvalue weighted by molar-refractivity contribution is 5.96. The highest BCUT2D eigenvalue weighted by Gasteiger charge is 2.34. The number of carbonyl (C=O) groups is 2. The number of ether oxygens (including phenoxy) is 1. The van der Waals surface area contributed by atoms with Crippen LogP contribution in [0.15, 0.2) is 30.3 Å². The first kappa shape index (κ1) is 23.6. The Morgan fingerprint density at radius 2 is 1.88 bits per heavy atom. The third-order valence-corrected chi connectivity index (χ3v) is 5.67. The van der Waals surface area contributed by atoms with Crippen molar-refractivity contribution >= 4 is 23.3 Å². The van der Waals surface area contributed by atoms with Crippen molar-refractivity contribution < 1.29 is 18.7 Å². The normalized spacial score (nSPS) is 16.4. The summed E-state index contributed by atoms with van der Waals surface area (Å²) >= 11 is 0. The number of carbonyl (C=O) groups excluding carboxylic acids is 2. The molecule has 32 heavy (non-hydrogen) atoms. The molecule has 9 heteroatoms. The first-order valence-electron chi connectivity index (χ1n) is 10.4. The van der Waals surface area contributed by atoms with Crippen LogP contribution in [0.5, 0.6) is 0 Å². The van der Waals surface area contributed by atoms with Crippen molar-refractivity contribution in [3.8, 4) is 0 Å². The molecular formula is C23H30FN5O3. The second kappa shape index (κ2) is 9.20. The number of methoxy groups -OCH3 is 1. The van der Waals surface area contributed by atoms with Crippen LogP contribution in [0.4, 0.5) is 15.9 Å². The van der Waals surface area contributed by atoms with E-state index in [1.54, 1.807) is 37.9 Å². The SMILES string of the molecule is COC(C)(C)C(=O)N(C)Cc1nc(C2CC(=O)N(c3ccc(F)cc3)C2)cc(N(C)C)n1. The molecule has 3 rings (SSSR count). The summed E-state index contributed by atoms with van der Waals surface area (Å²) < 4.78 is 18.6. The Hall–Kier alpha value is -3.07. The molecule has 1 saturated heterocycles. The lowest BCUT2D eigenvalue weighted by atomic mass is 10.0. The van der Waals surface area contributed by atoms with Crippen LogP contribution in [0, 0.1) is 5.82 Å². The van der Waals surface area contributed by atoms with Crippen molar-refractivity contribution in [2.24, 2.45) is 0 Å². The summed E-state index contributed by atoms with van der Waals surface area (Å²) in [6.45, 7) is 4.08. The van der Waals surface area contributed by atoms with Crippen molar-refractivity contribution in [2.75, 3.05) is 44.6 Å². The van der Waals surface area contributed by atoms with Crippen molar-refractivity contribution in [2.45, 2.75) is 38.3 Å². The maximum absolute atomic E-state index is 13.3. The zero-order valence-electron chi connectivity index (χ0n) is 19.4. The second-order valence-electron chi connectivity index (χ2n) is 8.72. The monoisotopic (exact) mass is 443 g/mol. The first-order valence-corrected chi connectivity index (χ1v) is 10.4. The van der Waals surface area contributed by atoms with Crippen molar-refractivity contribution in [3.05, 3.63) is 47.7 Å². The van der Waals surface area contributed by atoms with Gasteiger partial charge in [0.25, 0.3) is 5.91 Å². The van der Waals surface area contributed by atoms with E-state index in [4.69, 9.17) is 9.72 Å². The van der Waals surface area contributed by atoms with E-state index in [1.165, 1.54) is 24.1 Å². The van der Waals surface area contributed by atoms with Crippen LogP contribution in [-0.4, -0.2) is 67.1 Å². The van der Waals surface area contributed by atoms with Gasteiger partial charge in [0.2, 0.25) is 5.91 Å². The third-order valence-electron chi connectivity index (χ3n) is 5.67. The number of benzene rings is 1. The minimum absolute atomic E-state index is 0.0395. The fourth-order valence-corrected chi connectivity index (χ4v) is 3.62. The largest absolute Gasteiger partial charge is 0.369 e. The van der Waals surface area contributed by atoms with E-state index in [1.807, 2.05) is 25.1 Å². The molecule has 0 bridgehead atoms. The number of rotatable bonds is 7. The van der Waals surface area contributed by atoms with Gasteiger partial charge in [0.15, 0.2) is 0 Å². The Bertz CT molecular complexity index is 994. The van der Waals surface area contributed by atoms with Gasteiger partial charge in [0.05, 0.1) is 12.2 Å². The number of anilines is 2. The topological polar surface area (TPSA) is 78.9 Å². The molecule has 1 fully saturated rings. The van der Waals surface area contributed by atoms with Gasteiger partial charge >= 0.3 is 0 Å². The van der Waals surface area contributed by atoms with Crippen molar-refractivity contribution in [1.82, 2.24) is 14.9 Å². The minimum Gasteiger partial charge on any atom is -0.369 e. The highest BCUT2D eigenvalue weighted by atomic mass is 19.1. The molecule has 172 valence electrons. The predicted octanol–water partition coefficient (Wildman–Crippen LogP) is 2.59. The van der Waals surface area contributed by atoms with Gasteiger partial charge in [-0.2, -0.15) is 0 Å². The molecule has 1 aliphatic heterocycles. The molecule has 2 amide bonds. The summed E-state index contributed by atoms with van der Waals surface area (Å²) in [6.07, 6.45) is 0.298. The standard InChI is InChI=1S/C23H30FN5O3/c1-23(2,32-6)22(31)28(5)14-19-25-18(12-20(26-19)27(3)4)15-11-21(30)29(13-15)17-9-7-16(24)8-10-17/h7-10,12,15H,11,13-14H2,1-6H3. The maximum atomic E-state index is 13.3. The van der Waals surface area contributed by atoms with Crippen LogP contribution in [0.2, 0.25) is 0 Å². The Kier molecular flexibility index (Phi) is 6.78. The van der Waals surface area contributed by atoms with Crippen LogP contribution in [0.3, 0.4) is 0 Å². The Morgan fingerprint density at radius 3 is 2.47 bits per heavy atom. The Morgan fingerprint density at radius 1 is 1.22 bits per heavy atom. The average molecular weight is 444 g/mol. The molecule has 2 heterocycles. The third kappa shape index (κ3) is 5.04. The van der Waals surface area contributed by atoms with Crippen LogP contribution in [0.1, 0.15) is 37.7 Å². The molecule has 1 unspecified atom stereocenters. The van der Waals surface area contributed by atoms with E-state index in [0.717, 1.165) is 5.69 Å². The first-order chi connectivity index (χ1) is 15.0. The summed E-state index contributed by atoms with van der Waals surface area (Å²) in [5, 5.41) is 0. The van der Waals surface area contributed by atoms with Crippen LogP contribution >= 0.6 is 0 Å². The molecule has 0 radical (unpaired) electrons. The summed E-state index contributed by atoms with van der Waals surface area (Å²) in [7, 11) is 6.94. The molecule has 1 aromatic heterocycles. The van der Waals surface area contributed by atoms with E-state index >= 15 is 0 Å². The maximum Gasteiger partial charge on any atom is 0.254 e. The lowest BCUT2D eigenvalue weighted by molar-refractivity contribution is -0.150. The fraction of sp³-hybridized carbons (Fsp3) is 0.478. The molecule has 0 N–H and O–H groups in total. The summed E-state index contributed by atoms with van der Waals surface area (Å²) in [6, 6.07) is 7.76. The fourth-order valence-electron chi connectivity index (χ4n) is 3.62. The van der Waals surface area contributed by atoms with Crippen molar-refractivity contribution in [1.29, 1.82) is 0 Å². The quantitative estimate of drug-likeness (QED) is 0.655. The Balaban J connectivity index is 1.85. The van der Waals surface area contributed by atoms with Gasteiger partial charge in [-0.25, -0.2) is 14.4 Å². The molecule has 1 aromatic carbocycles. The van der Waals surface area contributed by atoms with Gasteiger partial charge in [0, 0.05) is 58.9 Å². The second-order valence-corrected chi connectivity index (χ2v) is 8.72. The van der Waals surface area contributed by atoms with E-state index in [0.29, 0.717) is 30.3 Å². The average Bonchev–Trinajstić information content (AvgIpc) is 3.15. The van der Waals surface area contributed by atoms with Gasteiger partial charge in [-0.3, -0.25) is 9.59 Å². The minimum atomic E-state index is -0.954. The summed E-state index contributed by atoms with van der Waals surface area (Å²) in [5.41, 5.74) is 0.446. The van der Waals surface area contributed by atoms with Crippen LogP contribution in [0.25, 0.3) is 0 Å². The zero-order chi connectivity index (χ0) is 23.6. The Labute approximate surface area is 188 Å². The summed E-state index contributed by atoms with van der Waals surface area (Å²) in [5.74, 6) is 0.486. The molecule has 2 aromatic rings. The molecule has 0 aliphatic carbocycles. The number of amides is 2. The van der Waals surface area contributed by atoms with Crippen LogP contribution in [-0.2, 0) is 20.9 Å². The zero-order valence-corrected chi connectivity index (χ0v) is 19.4. The van der Waals surface area contributed by atoms with Gasteiger partial charge in [-0.15, -0.1) is 0 Å². The predicted molar refractivity (Wildman–Crippen MR) is 120 cm³/mol. The van der Waals surface area contributed by atoms with E-state index in [-0.39, 0.29) is 30.1 Å². The lowest BCUT2D eigenvalue weighted by Gasteiger charge is -2.28. The highest BCUT2D eigenvalue weighted by Crippen LogP contribution is 2.32. The summed E-state index contributed by atoms with van der Waals surface area (Å²) in [4.78, 5) is 39.7. The molecule has 0 spiro atoms. The number of likely N-dealkylation sites (N-methyl/N-ethyl adjacent to an activating group) is 1. The van der Waals surface area contributed by atoms with E-state index < -0.39 is 5.60 Å².